The van der Waals surface area contributed by atoms with Gasteiger partial charge in [-0.05, 0) is 35.3 Å². The summed E-state index contributed by atoms with van der Waals surface area (Å²) >= 11 is 12.4. The molecule has 0 saturated carbocycles. The number of carbonyl (C=O) groups excluding carboxylic acids is 3. The predicted molar refractivity (Wildman–Crippen MR) is 123 cm³/mol. The molecule has 4 heterocycles. The van der Waals surface area contributed by atoms with Gasteiger partial charge in [0.1, 0.15) is 5.15 Å². The largest absolute Gasteiger partial charge is 0.342 e. The molecular formula is C23H21Cl2N5O3. The minimum atomic E-state index is -0.556. The molecule has 0 atom stereocenters. The van der Waals surface area contributed by atoms with Crippen LogP contribution in [0.25, 0.3) is 5.57 Å². The zero-order chi connectivity index (χ0) is 23.1. The number of amides is 4. The molecule has 1 aromatic carbocycles. The molecule has 2 aromatic rings. The normalized spacial score (nSPS) is 19.0. The molecule has 5 rings (SSSR count). The van der Waals surface area contributed by atoms with Crippen LogP contribution in [-0.4, -0.2) is 57.4 Å². The van der Waals surface area contributed by atoms with Gasteiger partial charge < -0.3 is 0 Å². The van der Waals surface area contributed by atoms with Gasteiger partial charge in [-0.15, -0.1) is 0 Å². The van der Waals surface area contributed by atoms with Gasteiger partial charge in [0, 0.05) is 43.4 Å². The molecule has 170 valence electrons. The monoisotopic (exact) mass is 485 g/mol. The van der Waals surface area contributed by atoms with E-state index in [4.69, 9.17) is 23.2 Å². The number of halogens is 2. The highest BCUT2D eigenvalue weighted by Crippen LogP contribution is 2.32. The van der Waals surface area contributed by atoms with Gasteiger partial charge >= 0.3 is 6.03 Å². The van der Waals surface area contributed by atoms with E-state index in [9.17, 15) is 14.4 Å². The highest BCUT2D eigenvalue weighted by molar-refractivity contribution is 6.42. The summed E-state index contributed by atoms with van der Waals surface area (Å²) < 4.78 is 0. The third kappa shape index (κ3) is 4.21. The van der Waals surface area contributed by atoms with Crippen molar-refractivity contribution in [3.8, 4) is 0 Å². The molecule has 8 nitrogen and oxygen atoms in total. The molecule has 0 spiro atoms. The average molecular weight is 486 g/mol. The van der Waals surface area contributed by atoms with Crippen LogP contribution in [-0.2, 0) is 17.9 Å². The van der Waals surface area contributed by atoms with Gasteiger partial charge in [-0.25, -0.2) is 19.8 Å². The highest BCUT2D eigenvalue weighted by atomic mass is 35.5. The van der Waals surface area contributed by atoms with Crippen LogP contribution >= 0.6 is 23.2 Å². The van der Waals surface area contributed by atoms with Gasteiger partial charge in [0.15, 0.2) is 0 Å². The van der Waals surface area contributed by atoms with Crippen molar-refractivity contribution < 1.29 is 14.4 Å². The quantitative estimate of drug-likeness (QED) is 0.669. The number of aromatic nitrogens is 1. The first-order valence-electron chi connectivity index (χ1n) is 10.7. The van der Waals surface area contributed by atoms with Gasteiger partial charge in [-0.1, -0.05) is 41.4 Å². The Morgan fingerprint density at radius 2 is 1.85 bits per heavy atom. The summed E-state index contributed by atoms with van der Waals surface area (Å²) in [6.45, 7) is 2.90. The molecule has 0 aliphatic carbocycles. The van der Waals surface area contributed by atoms with E-state index in [-0.39, 0.29) is 24.8 Å². The Morgan fingerprint density at radius 3 is 2.61 bits per heavy atom. The minimum absolute atomic E-state index is 0.179. The Balaban J connectivity index is 1.26. The summed E-state index contributed by atoms with van der Waals surface area (Å²) in [6.07, 6.45) is 4.85. The summed E-state index contributed by atoms with van der Waals surface area (Å²) in [4.78, 5) is 42.7. The fourth-order valence-electron chi connectivity index (χ4n) is 4.46. The number of hydrazine groups is 1. The fraction of sp³-hybridized carbons (Fsp3) is 0.304. The van der Waals surface area contributed by atoms with E-state index in [0.717, 1.165) is 48.3 Å². The molecule has 4 amide bonds. The second-order valence-corrected chi connectivity index (χ2v) is 8.99. The SMILES string of the molecule is O=C1CCN(N2Cc3cc(CN4CC=C(c5ccnc(Cl)c5Cl)CC4)ccc3C2=O)C(=O)N1. The molecule has 1 N–H and O–H groups in total. The lowest BCUT2D eigenvalue weighted by Crippen LogP contribution is -2.56. The smallest absolute Gasteiger partial charge is 0.295 e. The number of nitrogens with zero attached hydrogens (tertiary/aromatic N) is 4. The summed E-state index contributed by atoms with van der Waals surface area (Å²) in [6, 6.07) is 7.14. The Hall–Kier alpha value is -2.94. The minimum Gasteiger partial charge on any atom is -0.295 e. The first-order chi connectivity index (χ1) is 15.9. The maximum absolute atomic E-state index is 12.8. The van der Waals surface area contributed by atoms with Crippen molar-refractivity contribution in [1.82, 2.24) is 25.2 Å². The van der Waals surface area contributed by atoms with E-state index in [0.29, 0.717) is 22.3 Å². The maximum Gasteiger partial charge on any atom is 0.342 e. The molecule has 10 heteroatoms. The number of benzene rings is 1. The third-order valence-corrected chi connectivity index (χ3v) is 6.94. The first-order valence-corrected chi connectivity index (χ1v) is 11.4. The second kappa shape index (κ2) is 8.78. The Labute approximate surface area is 200 Å². The lowest BCUT2D eigenvalue weighted by Gasteiger charge is -2.33. The van der Waals surface area contributed by atoms with Crippen LogP contribution in [0.5, 0.6) is 0 Å². The number of rotatable bonds is 4. The maximum atomic E-state index is 12.8. The molecule has 1 fully saturated rings. The van der Waals surface area contributed by atoms with Gasteiger partial charge in [-0.3, -0.25) is 19.8 Å². The van der Waals surface area contributed by atoms with E-state index in [1.807, 2.05) is 24.3 Å². The standard InChI is InChI=1S/C23H21Cl2N5O3/c24-20-17(3-7-26-21(20)25)15-4-8-28(9-5-15)12-14-1-2-18-16(11-14)13-30(22(18)32)29-10-6-19(31)27-23(29)33/h1-4,7,11H,5-6,8-10,12-13H2,(H,27,31,33). The van der Waals surface area contributed by atoms with Gasteiger partial charge in [-0.2, -0.15) is 0 Å². The van der Waals surface area contributed by atoms with Crippen LogP contribution in [0.4, 0.5) is 4.79 Å². The van der Waals surface area contributed by atoms with E-state index < -0.39 is 6.03 Å². The Kier molecular flexibility index (Phi) is 5.82. The zero-order valence-corrected chi connectivity index (χ0v) is 19.2. The van der Waals surface area contributed by atoms with Crippen molar-refractivity contribution in [2.75, 3.05) is 19.6 Å². The summed E-state index contributed by atoms with van der Waals surface area (Å²) in [5.74, 6) is -0.546. The van der Waals surface area contributed by atoms with Crippen molar-refractivity contribution >= 4 is 46.6 Å². The third-order valence-electron chi connectivity index (χ3n) is 6.17. The van der Waals surface area contributed by atoms with Crippen LogP contribution in [0, 0.1) is 0 Å². The first kappa shape index (κ1) is 21.9. The van der Waals surface area contributed by atoms with E-state index in [2.05, 4.69) is 21.3 Å². The summed E-state index contributed by atoms with van der Waals surface area (Å²) in [7, 11) is 0. The predicted octanol–water partition coefficient (Wildman–Crippen LogP) is 3.49. The van der Waals surface area contributed by atoms with Crippen LogP contribution in [0.15, 0.2) is 36.5 Å². The van der Waals surface area contributed by atoms with Crippen molar-refractivity contribution in [3.63, 3.8) is 0 Å². The van der Waals surface area contributed by atoms with Crippen molar-refractivity contribution in [3.05, 3.63) is 69.0 Å². The molecule has 0 radical (unpaired) electrons. The van der Waals surface area contributed by atoms with Crippen molar-refractivity contribution in [2.24, 2.45) is 0 Å². The van der Waals surface area contributed by atoms with E-state index in [1.165, 1.54) is 10.0 Å². The second-order valence-electron chi connectivity index (χ2n) is 8.26. The Bertz CT molecular complexity index is 1200. The topological polar surface area (TPSA) is 85.9 Å². The molecule has 1 aromatic heterocycles. The van der Waals surface area contributed by atoms with Crippen LogP contribution in [0.1, 0.15) is 39.9 Å². The Morgan fingerprint density at radius 1 is 1.00 bits per heavy atom. The number of urea groups is 1. The van der Waals surface area contributed by atoms with E-state index >= 15 is 0 Å². The van der Waals surface area contributed by atoms with Crippen molar-refractivity contribution in [2.45, 2.75) is 25.9 Å². The van der Waals surface area contributed by atoms with Crippen molar-refractivity contribution in [1.29, 1.82) is 0 Å². The number of pyridine rings is 1. The summed E-state index contributed by atoms with van der Waals surface area (Å²) in [5, 5.41) is 5.79. The van der Waals surface area contributed by atoms with Gasteiger partial charge in [0.2, 0.25) is 5.91 Å². The van der Waals surface area contributed by atoms with Gasteiger partial charge in [0.25, 0.3) is 5.91 Å². The fourth-order valence-corrected chi connectivity index (χ4v) is 4.85. The number of carbonyl (C=O) groups is 3. The highest BCUT2D eigenvalue weighted by Gasteiger charge is 2.36. The number of hydrogen-bond donors (Lipinski definition) is 1. The van der Waals surface area contributed by atoms with Crippen LogP contribution in [0.2, 0.25) is 10.2 Å². The number of fused-ring (bicyclic) bond motifs is 1. The van der Waals surface area contributed by atoms with Crippen LogP contribution < -0.4 is 5.32 Å². The number of nitrogens with one attached hydrogen (secondary N) is 1. The molecule has 0 bridgehead atoms. The molecule has 3 aliphatic heterocycles. The molecular weight excluding hydrogens is 465 g/mol. The van der Waals surface area contributed by atoms with E-state index in [1.54, 1.807) is 6.20 Å². The number of imide groups is 1. The molecule has 1 saturated heterocycles. The lowest BCUT2D eigenvalue weighted by molar-refractivity contribution is -0.123. The van der Waals surface area contributed by atoms with Gasteiger partial charge in [0.05, 0.1) is 18.1 Å². The lowest BCUT2D eigenvalue weighted by atomic mass is 9.99. The molecule has 3 aliphatic rings. The van der Waals surface area contributed by atoms with Crippen LogP contribution in [0.3, 0.4) is 0 Å². The zero-order valence-electron chi connectivity index (χ0n) is 17.7. The summed E-state index contributed by atoms with van der Waals surface area (Å²) in [5.41, 5.74) is 4.66. The average Bonchev–Trinajstić information content (AvgIpc) is 3.12. The molecule has 33 heavy (non-hydrogen) atoms. The number of hydrogen-bond acceptors (Lipinski definition) is 5. The molecule has 0 unspecified atom stereocenters.